The zero-order valence-electron chi connectivity index (χ0n) is 19.5. The summed E-state index contributed by atoms with van der Waals surface area (Å²) in [5.74, 6) is 0.863. The molecule has 0 fully saturated rings. The third kappa shape index (κ3) is 4.64. The zero-order chi connectivity index (χ0) is 23.6. The lowest BCUT2D eigenvalue weighted by Crippen LogP contribution is -2.26. The Morgan fingerprint density at radius 1 is 1.06 bits per heavy atom. The number of fused-ring (bicyclic) bond motifs is 1. The fourth-order valence-electron chi connectivity index (χ4n) is 3.37. The van der Waals surface area contributed by atoms with E-state index in [0.717, 1.165) is 16.7 Å². The topological polar surface area (TPSA) is 143 Å². The van der Waals surface area contributed by atoms with Gasteiger partial charge in [-0.1, -0.05) is 13.8 Å². The molecule has 10 heteroatoms. The third-order valence-electron chi connectivity index (χ3n) is 5.05. The van der Waals surface area contributed by atoms with Crippen LogP contribution in [0.3, 0.4) is 0 Å². The SMILES string of the molecule is COc1ccc(CNc2nc(NCC(C)N)nc3c(C(C)C)nn(C(C)C)c23)c(O)c1O. The average molecular weight is 444 g/mol. The van der Waals surface area contributed by atoms with Crippen molar-refractivity contribution in [3.63, 3.8) is 0 Å². The number of hydrogen-bond donors (Lipinski definition) is 5. The number of phenols is 2. The molecule has 0 saturated heterocycles. The quantitative estimate of drug-likeness (QED) is 0.315. The van der Waals surface area contributed by atoms with Crippen LogP contribution in [0, 0.1) is 0 Å². The second-order valence-corrected chi connectivity index (χ2v) is 8.51. The van der Waals surface area contributed by atoms with E-state index in [9.17, 15) is 10.2 Å². The Labute approximate surface area is 187 Å². The van der Waals surface area contributed by atoms with Gasteiger partial charge in [-0.15, -0.1) is 0 Å². The van der Waals surface area contributed by atoms with Gasteiger partial charge in [0.15, 0.2) is 17.3 Å². The van der Waals surface area contributed by atoms with Crippen LogP contribution in [0.4, 0.5) is 11.8 Å². The van der Waals surface area contributed by atoms with Crippen LogP contribution in [0.1, 0.15) is 57.8 Å². The summed E-state index contributed by atoms with van der Waals surface area (Å²) in [6.07, 6.45) is 0. The molecule has 32 heavy (non-hydrogen) atoms. The smallest absolute Gasteiger partial charge is 0.225 e. The van der Waals surface area contributed by atoms with E-state index in [1.54, 1.807) is 12.1 Å². The van der Waals surface area contributed by atoms with E-state index in [4.69, 9.17) is 20.6 Å². The minimum atomic E-state index is -0.298. The molecule has 0 spiro atoms. The van der Waals surface area contributed by atoms with Crippen molar-refractivity contribution in [2.24, 2.45) is 5.73 Å². The van der Waals surface area contributed by atoms with E-state index >= 15 is 0 Å². The van der Waals surface area contributed by atoms with Gasteiger partial charge in [0, 0.05) is 30.7 Å². The second-order valence-electron chi connectivity index (χ2n) is 8.51. The van der Waals surface area contributed by atoms with Crippen LogP contribution in [0.15, 0.2) is 12.1 Å². The molecular weight excluding hydrogens is 410 g/mol. The van der Waals surface area contributed by atoms with Gasteiger partial charge in [-0.05, 0) is 38.8 Å². The van der Waals surface area contributed by atoms with Crippen molar-refractivity contribution < 1.29 is 14.9 Å². The molecule has 3 rings (SSSR count). The van der Waals surface area contributed by atoms with Crippen LogP contribution in [0.5, 0.6) is 17.2 Å². The van der Waals surface area contributed by atoms with E-state index in [-0.39, 0.29) is 41.8 Å². The second kappa shape index (κ2) is 9.47. The Morgan fingerprint density at radius 3 is 2.38 bits per heavy atom. The maximum absolute atomic E-state index is 10.4. The monoisotopic (exact) mass is 443 g/mol. The van der Waals surface area contributed by atoms with Gasteiger partial charge in [-0.25, -0.2) is 4.98 Å². The highest BCUT2D eigenvalue weighted by Gasteiger charge is 2.22. The van der Waals surface area contributed by atoms with Crippen molar-refractivity contribution in [1.29, 1.82) is 0 Å². The van der Waals surface area contributed by atoms with E-state index in [1.807, 2.05) is 11.6 Å². The first-order valence-electron chi connectivity index (χ1n) is 10.7. The lowest BCUT2D eigenvalue weighted by Gasteiger charge is -2.15. The first-order chi connectivity index (χ1) is 15.1. The fourth-order valence-corrected chi connectivity index (χ4v) is 3.37. The number of aromatic nitrogens is 4. The standard InChI is InChI=1S/C22H33N7O3/c1-11(2)16-17-18(29(28-16)12(3)4)21(27-22(26-17)25-9-13(5)23)24-10-14-7-8-15(32-6)20(31)19(14)30/h7-8,11-13,30-31H,9-10,23H2,1-6H3,(H2,24,25,26,27). The van der Waals surface area contributed by atoms with Crippen molar-refractivity contribution in [1.82, 2.24) is 19.7 Å². The number of nitrogens with one attached hydrogen (secondary N) is 2. The lowest BCUT2D eigenvalue weighted by atomic mass is 10.1. The highest BCUT2D eigenvalue weighted by atomic mass is 16.5. The summed E-state index contributed by atoms with van der Waals surface area (Å²) in [7, 11) is 1.43. The van der Waals surface area contributed by atoms with Crippen molar-refractivity contribution in [3.05, 3.63) is 23.4 Å². The Balaban J connectivity index is 2.08. The Kier molecular flexibility index (Phi) is 6.93. The molecule has 174 valence electrons. The van der Waals surface area contributed by atoms with E-state index in [1.165, 1.54) is 7.11 Å². The maximum Gasteiger partial charge on any atom is 0.225 e. The summed E-state index contributed by atoms with van der Waals surface area (Å²) in [5, 5.41) is 31.8. The van der Waals surface area contributed by atoms with E-state index in [2.05, 4.69) is 43.3 Å². The summed E-state index contributed by atoms with van der Waals surface area (Å²) in [6.45, 7) is 10.9. The minimum absolute atomic E-state index is 0.0621. The highest BCUT2D eigenvalue weighted by molar-refractivity contribution is 5.89. The molecule has 1 atom stereocenters. The van der Waals surface area contributed by atoms with Crippen molar-refractivity contribution in [2.45, 2.75) is 59.2 Å². The van der Waals surface area contributed by atoms with Crippen LogP contribution < -0.4 is 21.1 Å². The van der Waals surface area contributed by atoms with E-state index in [0.29, 0.717) is 23.9 Å². The molecule has 0 radical (unpaired) electrons. The minimum Gasteiger partial charge on any atom is -0.504 e. The van der Waals surface area contributed by atoms with Crippen molar-refractivity contribution >= 4 is 22.8 Å². The fraction of sp³-hybridized carbons (Fsp3) is 0.500. The molecule has 0 aliphatic carbocycles. The number of ether oxygens (including phenoxy) is 1. The number of nitrogens with zero attached hydrogens (tertiary/aromatic N) is 4. The molecule has 1 unspecified atom stereocenters. The maximum atomic E-state index is 10.4. The number of nitrogens with two attached hydrogens (primary N) is 1. The molecule has 2 aromatic heterocycles. The van der Waals surface area contributed by atoms with Gasteiger partial charge in [0.05, 0.1) is 12.8 Å². The highest BCUT2D eigenvalue weighted by Crippen LogP contribution is 2.38. The van der Waals surface area contributed by atoms with Gasteiger partial charge >= 0.3 is 0 Å². The predicted molar refractivity (Wildman–Crippen MR) is 126 cm³/mol. The number of hydrogen-bond acceptors (Lipinski definition) is 9. The predicted octanol–water partition coefficient (Wildman–Crippen LogP) is 3.32. The molecule has 0 saturated carbocycles. The van der Waals surface area contributed by atoms with Gasteiger partial charge in [0.2, 0.25) is 11.7 Å². The normalized spacial score (nSPS) is 12.5. The molecule has 0 aliphatic rings. The van der Waals surface area contributed by atoms with Gasteiger partial charge in [-0.2, -0.15) is 10.1 Å². The van der Waals surface area contributed by atoms with Gasteiger partial charge in [0.1, 0.15) is 11.0 Å². The van der Waals surface area contributed by atoms with Crippen LogP contribution in [0.25, 0.3) is 11.0 Å². The molecule has 0 aliphatic heterocycles. The molecule has 1 aromatic carbocycles. The van der Waals surface area contributed by atoms with Crippen LogP contribution in [0.2, 0.25) is 0 Å². The largest absolute Gasteiger partial charge is 0.504 e. The van der Waals surface area contributed by atoms with Gasteiger partial charge in [-0.3, -0.25) is 4.68 Å². The molecule has 2 heterocycles. The molecular formula is C22H33N7O3. The zero-order valence-corrected chi connectivity index (χ0v) is 19.5. The molecule has 10 nitrogen and oxygen atoms in total. The van der Waals surface area contributed by atoms with Gasteiger partial charge < -0.3 is 31.3 Å². The van der Waals surface area contributed by atoms with Crippen LogP contribution in [-0.4, -0.2) is 49.7 Å². The lowest BCUT2D eigenvalue weighted by molar-refractivity contribution is 0.349. The number of benzene rings is 1. The summed E-state index contributed by atoms with van der Waals surface area (Å²) >= 11 is 0. The molecule has 6 N–H and O–H groups in total. The first kappa shape index (κ1) is 23.4. The Bertz CT molecular complexity index is 1090. The van der Waals surface area contributed by atoms with Crippen LogP contribution in [-0.2, 0) is 6.54 Å². The number of aromatic hydroxyl groups is 2. The number of phenolic OH excluding ortho intramolecular Hbond substituents is 2. The van der Waals surface area contributed by atoms with Gasteiger partial charge in [0.25, 0.3) is 0 Å². The Morgan fingerprint density at radius 2 is 1.78 bits per heavy atom. The average Bonchev–Trinajstić information content (AvgIpc) is 3.13. The Hall–Kier alpha value is -3.27. The molecule has 0 bridgehead atoms. The summed E-state index contributed by atoms with van der Waals surface area (Å²) in [5.41, 5.74) is 8.82. The van der Waals surface area contributed by atoms with Crippen LogP contribution >= 0.6 is 0 Å². The number of methoxy groups -OCH3 is 1. The summed E-state index contributed by atoms with van der Waals surface area (Å²) < 4.78 is 6.96. The third-order valence-corrected chi connectivity index (χ3v) is 5.05. The first-order valence-corrected chi connectivity index (χ1v) is 10.7. The molecule has 0 amide bonds. The molecule has 3 aromatic rings. The number of rotatable bonds is 9. The van der Waals surface area contributed by atoms with E-state index < -0.39 is 0 Å². The summed E-state index contributed by atoms with van der Waals surface area (Å²) in [4.78, 5) is 9.41. The van der Waals surface area contributed by atoms with Crippen molar-refractivity contribution in [3.8, 4) is 17.2 Å². The van der Waals surface area contributed by atoms with Crippen molar-refractivity contribution in [2.75, 3.05) is 24.3 Å². The summed E-state index contributed by atoms with van der Waals surface area (Å²) in [6, 6.07) is 3.32. The number of anilines is 2.